The Hall–Kier alpha value is -0.410. The van der Waals surface area contributed by atoms with Gasteiger partial charge in [0, 0.05) is 19.7 Å². The molecule has 0 aromatic carbocycles. The van der Waals surface area contributed by atoms with Crippen LogP contribution in [0.3, 0.4) is 0 Å². The summed E-state index contributed by atoms with van der Waals surface area (Å²) in [6.07, 6.45) is 1.30. The molecule has 0 amide bonds. The molecule has 15 heavy (non-hydrogen) atoms. The van der Waals surface area contributed by atoms with Gasteiger partial charge in [-0.1, -0.05) is 13.8 Å². The van der Waals surface area contributed by atoms with Gasteiger partial charge in [-0.2, -0.15) is 0 Å². The van der Waals surface area contributed by atoms with Crippen molar-refractivity contribution in [2.45, 2.75) is 46.3 Å². The average molecular weight is 213 g/mol. The number of nitrogens with zero attached hydrogens (tertiary/aromatic N) is 1. The fourth-order valence-corrected chi connectivity index (χ4v) is 1.89. The molecule has 88 valence electrons. The lowest BCUT2D eigenvalue weighted by molar-refractivity contribution is -0.122. The lowest BCUT2D eigenvalue weighted by atomic mass is 10.1. The zero-order valence-corrected chi connectivity index (χ0v) is 10.3. The number of ether oxygens (including phenoxy) is 1. The van der Waals surface area contributed by atoms with E-state index in [2.05, 4.69) is 18.7 Å². The molecule has 3 nitrogen and oxygen atoms in total. The largest absolute Gasteiger partial charge is 0.377 e. The van der Waals surface area contributed by atoms with Crippen molar-refractivity contribution in [2.75, 3.05) is 19.7 Å². The van der Waals surface area contributed by atoms with Gasteiger partial charge in [0.1, 0.15) is 5.78 Å². The molecule has 0 saturated carbocycles. The van der Waals surface area contributed by atoms with Crippen LogP contribution in [0.2, 0.25) is 0 Å². The third-order valence-corrected chi connectivity index (χ3v) is 3.22. The average Bonchev–Trinajstić information content (AvgIpc) is 2.41. The minimum Gasteiger partial charge on any atom is -0.377 e. The van der Waals surface area contributed by atoms with Crippen molar-refractivity contribution in [3.63, 3.8) is 0 Å². The maximum Gasteiger partial charge on any atom is 0.146 e. The second-order valence-electron chi connectivity index (χ2n) is 4.79. The van der Waals surface area contributed by atoms with Gasteiger partial charge in [0.05, 0.1) is 12.1 Å². The van der Waals surface area contributed by atoms with Gasteiger partial charge in [0.15, 0.2) is 0 Å². The summed E-state index contributed by atoms with van der Waals surface area (Å²) in [7, 11) is 0. The monoisotopic (exact) mass is 213 g/mol. The number of ketones is 1. The molecule has 0 aromatic rings. The zero-order valence-electron chi connectivity index (χ0n) is 10.3. The summed E-state index contributed by atoms with van der Waals surface area (Å²) >= 11 is 0. The van der Waals surface area contributed by atoms with Crippen LogP contribution >= 0.6 is 0 Å². The van der Waals surface area contributed by atoms with Gasteiger partial charge in [-0.15, -0.1) is 0 Å². The van der Waals surface area contributed by atoms with E-state index in [4.69, 9.17) is 4.74 Å². The van der Waals surface area contributed by atoms with Crippen molar-refractivity contribution in [3.05, 3.63) is 0 Å². The molecule has 2 unspecified atom stereocenters. The summed E-state index contributed by atoms with van der Waals surface area (Å²) in [6, 6.07) is 0.0351. The Morgan fingerprint density at radius 3 is 2.60 bits per heavy atom. The van der Waals surface area contributed by atoms with E-state index in [9.17, 15) is 4.79 Å². The van der Waals surface area contributed by atoms with Crippen molar-refractivity contribution in [3.8, 4) is 0 Å². The van der Waals surface area contributed by atoms with Crippen LogP contribution in [0.15, 0.2) is 0 Å². The summed E-state index contributed by atoms with van der Waals surface area (Å²) in [4.78, 5) is 13.6. The molecule has 2 atom stereocenters. The first-order chi connectivity index (χ1) is 7.02. The molecular weight excluding hydrogens is 190 g/mol. The quantitative estimate of drug-likeness (QED) is 0.715. The molecule has 0 bridgehead atoms. The van der Waals surface area contributed by atoms with Crippen molar-refractivity contribution in [1.29, 1.82) is 0 Å². The van der Waals surface area contributed by atoms with Crippen LogP contribution in [0.4, 0.5) is 0 Å². The predicted octanol–water partition coefficient (Wildman–Crippen LogP) is 1.71. The van der Waals surface area contributed by atoms with Crippen molar-refractivity contribution < 1.29 is 9.53 Å². The van der Waals surface area contributed by atoms with Gasteiger partial charge in [-0.05, 0) is 26.2 Å². The second-order valence-corrected chi connectivity index (χ2v) is 4.79. The Morgan fingerprint density at radius 1 is 1.40 bits per heavy atom. The number of Topliss-reactive ketones (excluding diaryl/α,β-unsaturated/α-hetero) is 1. The van der Waals surface area contributed by atoms with Crippen LogP contribution in [0, 0.1) is 5.92 Å². The fourth-order valence-electron chi connectivity index (χ4n) is 1.89. The van der Waals surface area contributed by atoms with Crippen LogP contribution in [-0.2, 0) is 9.53 Å². The highest BCUT2D eigenvalue weighted by Crippen LogP contribution is 2.15. The summed E-state index contributed by atoms with van der Waals surface area (Å²) in [5.74, 6) is 0.768. The van der Waals surface area contributed by atoms with Crippen molar-refractivity contribution in [2.24, 2.45) is 5.92 Å². The Kier molecular flexibility index (Phi) is 4.74. The van der Waals surface area contributed by atoms with Crippen LogP contribution in [0.1, 0.15) is 34.1 Å². The number of rotatable bonds is 3. The minimum absolute atomic E-state index is 0.0351. The molecule has 1 rings (SSSR count). The highest BCUT2D eigenvalue weighted by molar-refractivity contribution is 5.80. The molecule has 0 aromatic heterocycles. The Morgan fingerprint density at radius 2 is 2.07 bits per heavy atom. The van der Waals surface area contributed by atoms with Gasteiger partial charge in [-0.3, -0.25) is 9.69 Å². The Bertz CT molecular complexity index is 216. The van der Waals surface area contributed by atoms with Gasteiger partial charge in [0.25, 0.3) is 0 Å². The van der Waals surface area contributed by atoms with E-state index >= 15 is 0 Å². The summed E-state index contributed by atoms with van der Waals surface area (Å²) < 4.78 is 5.77. The molecular formula is C12H23NO2. The first-order valence-corrected chi connectivity index (χ1v) is 5.88. The SMILES string of the molecule is CC(=O)C(C)N1CCCOC(C(C)C)C1. The molecule has 3 heteroatoms. The van der Waals surface area contributed by atoms with E-state index in [0.717, 1.165) is 26.1 Å². The lowest BCUT2D eigenvalue weighted by Crippen LogP contribution is -2.43. The second kappa shape index (κ2) is 5.61. The molecule has 1 heterocycles. The predicted molar refractivity (Wildman–Crippen MR) is 60.9 cm³/mol. The standard InChI is InChI=1S/C12H23NO2/c1-9(2)12-8-13(6-5-7-15-12)10(3)11(4)14/h9-10,12H,5-8H2,1-4H3. The number of hydrogen-bond acceptors (Lipinski definition) is 3. The number of hydrogen-bond donors (Lipinski definition) is 0. The van der Waals surface area contributed by atoms with Crippen molar-refractivity contribution >= 4 is 5.78 Å². The molecule has 1 aliphatic rings. The summed E-state index contributed by atoms with van der Waals surface area (Å²) in [5, 5.41) is 0. The van der Waals surface area contributed by atoms with Crippen LogP contribution in [0.5, 0.6) is 0 Å². The van der Waals surface area contributed by atoms with Crippen LogP contribution in [0.25, 0.3) is 0 Å². The molecule has 0 spiro atoms. The highest BCUT2D eigenvalue weighted by Gasteiger charge is 2.25. The highest BCUT2D eigenvalue weighted by atomic mass is 16.5. The zero-order chi connectivity index (χ0) is 11.4. The smallest absolute Gasteiger partial charge is 0.146 e. The number of carbonyl (C=O) groups is 1. The first kappa shape index (κ1) is 12.7. The Labute approximate surface area is 92.8 Å². The maximum atomic E-state index is 11.3. The third kappa shape index (κ3) is 3.58. The van der Waals surface area contributed by atoms with Gasteiger partial charge in [-0.25, -0.2) is 0 Å². The molecule has 0 radical (unpaired) electrons. The molecule has 0 N–H and O–H groups in total. The van der Waals surface area contributed by atoms with E-state index in [1.807, 2.05) is 6.92 Å². The molecule has 1 aliphatic heterocycles. The minimum atomic E-state index is 0.0351. The lowest BCUT2D eigenvalue weighted by Gasteiger charge is -2.29. The van der Waals surface area contributed by atoms with Gasteiger partial charge < -0.3 is 4.74 Å². The van der Waals surface area contributed by atoms with Crippen molar-refractivity contribution in [1.82, 2.24) is 4.90 Å². The van der Waals surface area contributed by atoms with E-state index in [1.54, 1.807) is 6.92 Å². The summed E-state index contributed by atoms with van der Waals surface area (Å²) in [5.41, 5.74) is 0. The normalized spacial score (nSPS) is 26.3. The van der Waals surface area contributed by atoms with Gasteiger partial charge in [0.2, 0.25) is 0 Å². The molecule has 0 aliphatic carbocycles. The number of carbonyl (C=O) groups excluding carboxylic acids is 1. The Balaban J connectivity index is 2.60. The third-order valence-electron chi connectivity index (χ3n) is 3.22. The van der Waals surface area contributed by atoms with Crippen LogP contribution in [-0.4, -0.2) is 42.5 Å². The van der Waals surface area contributed by atoms with Crippen LogP contribution < -0.4 is 0 Å². The van der Waals surface area contributed by atoms with E-state index in [-0.39, 0.29) is 17.9 Å². The molecule has 1 fully saturated rings. The van der Waals surface area contributed by atoms with E-state index in [1.165, 1.54) is 0 Å². The molecule has 1 saturated heterocycles. The first-order valence-electron chi connectivity index (χ1n) is 5.88. The maximum absolute atomic E-state index is 11.3. The topological polar surface area (TPSA) is 29.5 Å². The van der Waals surface area contributed by atoms with E-state index in [0.29, 0.717) is 5.92 Å². The van der Waals surface area contributed by atoms with Gasteiger partial charge >= 0.3 is 0 Å². The summed E-state index contributed by atoms with van der Waals surface area (Å²) in [6.45, 7) is 10.7. The van der Waals surface area contributed by atoms with E-state index < -0.39 is 0 Å². The fraction of sp³-hybridized carbons (Fsp3) is 0.917.